The van der Waals surface area contributed by atoms with Gasteiger partial charge in [0.1, 0.15) is 0 Å². The summed E-state index contributed by atoms with van der Waals surface area (Å²) in [6.45, 7) is -0.175. The lowest BCUT2D eigenvalue weighted by molar-refractivity contribution is -0.232. The number of pyridine rings is 1. The van der Waals surface area contributed by atoms with Gasteiger partial charge in [-0.05, 0) is 44.6 Å². The minimum Gasteiger partial charge on any atom is -0.481 e. The average molecular weight is 526 g/mol. The van der Waals surface area contributed by atoms with Gasteiger partial charge >= 0.3 is 6.18 Å². The largest absolute Gasteiger partial charge is 0.481 e. The van der Waals surface area contributed by atoms with Crippen LogP contribution in [-0.4, -0.2) is 76.0 Å². The fourth-order valence-corrected chi connectivity index (χ4v) is 5.60. The monoisotopic (exact) mass is 525 g/mol. The lowest BCUT2D eigenvalue weighted by Gasteiger charge is -2.39. The average Bonchev–Trinajstić information content (AvgIpc) is 3.46. The standard InChI is InChI=1S/C24H27F4N5O4/c1-36-21-8-16(17(25)10-29-21)18-9-19(32-31-18)23(35)33-14-3-4-15(33)7-12(6-14)22(34)30-13-2-5-20(37-11-13)24(26,27)28/h8-10,12-15,20H,2-7,11H2,1H3,(H,30,34)(H,31,32)/t12-,13-,14-,15?,20+/m1/s1. The molecule has 0 aliphatic carbocycles. The van der Waals surface area contributed by atoms with Gasteiger partial charge in [0.2, 0.25) is 11.8 Å². The highest BCUT2D eigenvalue weighted by Crippen LogP contribution is 2.40. The van der Waals surface area contributed by atoms with Crippen molar-refractivity contribution in [2.45, 2.75) is 68.9 Å². The second-order valence-electron chi connectivity index (χ2n) is 9.79. The molecule has 0 aromatic carbocycles. The van der Waals surface area contributed by atoms with Crippen LogP contribution < -0.4 is 10.1 Å². The van der Waals surface area contributed by atoms with Gasteiger partial charge < -0.3 is 19.7 Å². The van der Waals surface area contributed by atoms with E-state index in [9.17, 15) is 27.2 Å². The van der Waals surface area contributed by atoms with Crippen molar-refractivity contribution in [2.75, 3.05) is 13.7 Å². The summed E-state index contributed by atoms with van der Waals surface area (Å²) < 4.78 is 62.6. The molecule has 0 saturated carbocycles. The number of nitrogens with zero attached hydrogens (tertiary/aromatic N) is 3. The summed E-state index contributed by atoms with van der Waals surface area (Å²) in [6, 6.07) is 2.12. The van der Waals surface area contributed by atoms with Crippen LogP contribution in [0.2, 0.25) is 0 Å². The van der Waals surface area contributed by atoms with Crippen LogP contribution in [-0.2, 0) is 9.53 Å². The summed E-state index contributed by atoms with van der Waals surface area (Å²) >= 11 is 0. The van der Waals surface area contributed by atoms with E-state index in [0.29, 0.717) is 18.5 Å². The Kier molecular flexibility index (Phi) is 6.82. The van der Waals surface area contributed by atoms with Gasteiger partial charge in [-0.3, -0.25) is 14.7 Å². The number of ether oxygens (including phenoxy) is 2. The Morgan fingerprint density at radius 3 is 2.51 bits per heavy atom. The quantitative estimate of drug-likeness (QED) is 0.581. The van der Waals surface area contributed by atoms with E-state index in [4.69, 9.17) is 9.47 Å². The molecule has 0 spiro atoms. The third kappa shape index (κ3) is 5.13. The number of rotatable bonds is 5. The van der Waals surface area contributed by atoms with Gasteiger partial charge in [-0.1, -0.05) is 0 Å². The second-order valence-corrected chi connectivity index (χ2v) is 9.79. The summed E-state index contributed by atoms with van der Waals surface area (Å²) in [7, 11) is 1.41. The Balaban J connectivity index is 1.20. The van der Waals surface area contributed by atoms with E-state index in [1.54, 1.807) is 4.90 Å². The number of hydrogen-bond acceptors (Lipinski definition) is 6. The minimum atomic E-state index is -4.40. The lowest BCUT2D eigenvalue weighted by atomic mass is 9.89. The normalized spacial score (nSPS) is 27.7. The van der Waals surface area contributed by atoms with Crippen LogP contribution in [0.15, 0.2) is 18.3 Å². The topological polar surface area (TPSA) is 109 Å². The van der Waals surface area contributed by atoms with Crippen LogP contribution in [0.25, 0.3) is 11.3 Å². The molecule has 2 amide bonds. The molecule has 2 aromatic rings. The number of piperidine rings is 1. The molecule has 3 fully saturated rings. The maximum Gasteiger partial charge on any atom is 0.414 e. The Labute approximate surface area is 209 Å². The molecular formula is C24H27F4N5O4. The molecule has 37 heavy (non-hydrogen) atoms. The van der Waals surface area contributed by atoms with E-state index < -0.39 is 24.1 Å². The van der Waals surface area contributed by atoms with Crippen LogP contribution in [0.4, 0.5) is 17.6 Å². The third-order valence-corrected chi connectivity index (χ3v) is 7.45. The van der Waals surface area contributed by atoms with Crippen molar-refractivity contribution in [3.05, 3.63) is 29.8 Å². The first kappa shape index (κ1) is 25.4. The number of H-pyrrole nitrogens is 1. The number of carbonyl (C=O) groups excluding carboxylic acids is 2. The highest BCUT2D eigenvalue weighted by molar-refractivity contribution is 5.94. The Bertz CT molecular complexity index is 1150. The van der Waals surface area contributed by atoms with E-state index in [0.717, 1.165) is 19.0 Å². The summed E-state index contributed by atoms with van der Waals surface area (Å²) in [4.78, 5) is 31.8. The number of hydrogen-bond donors (Lipinski definition) is 2. The molecule has 13 heteroatoms. The lowest BCUT2D eigenvalue weighted by Crippen LogP contribution is -2.52. The maximum atomic E-state index is 14.3. The first-order valence-electron chi connectivity index (χ1n) is 12.2. The number of amides is 2. The fourth-order valence-electron chi connectivity index (χ4n) is 5.60. The molecule has 200 valence electrons. The number of fused-ring (bicyclic) bond motifs is 2. The molecule has 1 unspecified atom stereocenters. The van der Waals surface area contributed by atoms with Gasteiger partial charge in [-0.25, -0.2) is 9.37 Å². The first-order valence-corrected chi connectivity index (χ1v) is 12.2. The van der Waals surface area contributed by atoms with Gasteiger partial charge in [0.15, 0.2) is 17.6 Å². The first-order chi connectivity index (χ1) is 17.6. The molecule has 0 radical (unpaired) electrons. The molecule has 2 N–H and O–H groups in total. The molecule has 5 rings (SSSR count). The van der Waals surface area contributed by atoms with Crippen molar-refractivity contribution >= 4 is 11.8 Å². The van der Waals surface area contributed by atoms with Crippen LogP contribution in [0.3, 0.4) is 0 Å². The number of carbonyl (C=O) groups is 2. The van der Waals surface area contributed by atoms with Gasteiger partial charge in [0.25, 0.3) is 5.91 Å². The summed E-state index contributed by atoms with van der Waals surface area (Å²) in [6.07, 6.45) is -2.74. The highest BCUT2D eigenvalue weighted by Gasteiger charge is 2.47. The van der Waals surface area contributed by atoms with E-state index in [1.807, 2.05) is 0 Å². The van der Waals surface area contributed by atoms with Crippen LogP contribution in [0, 0.1) is 11.7 Å². The molecule has 3 aliphatic rings. The smallest absolute Gasteiger partial charge is 0.414 e. The van der Waals surface area contributed by atoms with Gasteiger partial charge in [-0.2, -0.15) is 18.3 Å². The van der Waals surface area contributed by atoms with Crippen molar-refractivity contribution in [1.29, 1.82) is 0 Å². The van der Waals surface area contributed by atoms with Crippen molar-refractivity contribution in [3.8, 4) is 17.1 Å². The SMILES string of the molecule is COc1cc(-c2cc(C(=O)N3C4CC[C@@H]3C[C@@H](C(=O)N[C@@H]3CC[C@@H](C(F)(F)F)OC3)C4)n[nH]2)c(F)cn1. The Morgan fingerprint density at radius 1 is 1.16 bits per heavy atom. The van der Waals surface area contributed by atoms with E-state index in [-0.39, 0.29) is 66.4 Å². The molecule has 3 aliphatic heterocycles. The molecular weight excluding hydrogens is 498 g/mol. The Hall–Kier alpha value is -3.22. The van der Waals surface area contributed by atoms with E-state index in [2.05, 4.69) is 20.5 Å². The van der Waals surface area contributed by atoms with Crippen molar-refractivity contribution in [2.24, 2.45) is 5.92 Å². The zero-order valence-electron chi connectivity index (χ0n) is 20.1. The van der Waals surface area contributed by atoms with Crippen LogP contribution in [0.1, 0.15) is 49.0 Å². The van der Waals surface area contributed by atoms with Crippen molar-refractivity contribution in [3.63, 3.8) is 0 Å². The highest BCUT2D eigenvalue weighted by atomic mass is 19.4. The third-order valence-electron chi connectivity index (χ3n) is 7.45. The number of nitrogens with one attached hydrogen (secondary N) is 2. The molecule has 5 atom stereocenters. The van der Waals surface area contributed by atoms with E-state index >= 15 is 0 Å². The molecule has 3 saturated heterocycles. The van der Waals surface area contributed by atoms with Crippen LogP contribution in [0.5, 0.6) is 5.88 Å². The zero-order chi connectivity index (χ0) is 26.3. The number of halogens is 4. The summed E-state index contributed by atoms with van der Waals surface area (Å²) in [5.41, 5.74) is 0.624. The summed E-state index contributed by atoms with van der Waals surface area (Å²) in [5, 5.41) is 9.64. The molecule has 2 bridgehead atoms. The van der Waals surface area contributed by atoms with Gasteiger partial charge in [-0.15, -0.1) is 0 Å². The fraction of sp³-hybridized carbons (Fsp3) is 0.583. The number of aromatic amines is 1. The summed E-state index contributed by atoms with van der Waals surface area (Å²) in [5.74, 6) is -1.22. The van der Waals surface area contributed by atoms with E-state index in [1.165, 1.54) is 19.2 Å². The predicted octanol–water partition coefficient (Wildman–Crippen LogP) is 3.23. The molecule has 5 heterocycles. The number of methoxy groups -OCH3 is 1. The minimum absolute atomic E-state index is 0.142. The van der Waals surface area contributed by atoms with Gasteiger partial charge in [0.05, 0.1) is 31.6 Å². The van der Waals surface area contributed by atoms with Crippen molar-refractivity contribution in [1.82, 2.24) is 25.4 Å². The number of alkyl halides is 3. The molecule has 9 nitrogen and oxygen atoms in total. The van der Waals surface area contributed by atoms with Crippen molar-refractivity contribution < 1.29 is 36.6 Å². The predicted molar refractivity (Wildman–Crippen MR) is 121 cm³/mol. The Morgan fingerprint density at radius 2 is 1.89 bits per heavy atom. The second kappa shape index (κ2) is 9.92. The number of aromatic nitrogens is 3. The maximum absolute atomic E-state index is 14.3. The van der Waals surface area contributed by atoms with Gasteiger partial charge in [0, 0.05) is 29.6 Å². The van der Waals surface area contributed by atoms with Crippen LogP contribution >= 0.6 is 0 Å². The molecule has 2 aromatic heterocycles. The zero-order valence-corrected chi connectivity index (χ0v) is 20.1.